The van der Waals surface area contributed by atoms with Crippen LogP contribution >= 0.6 is 67.8 Å². The lowest BCUT2D eigenvalue weighted by Crippen LogP contribution is -2.06. The summed E-state index contributed by atoms with van der Waals surface area (Å²) in [4.78, 5) is 0. The maximum atomic E-state index is 4.68. The molecule has 4 rings (SSSR count). The molecule has 4 aromatic heterocycles. The molecule has 0 saturated carbocycles. The van der Waals surface area contributed by atoms with E-state index in [9.17, 15) is 0 Å². The molecule has 0 N–H and O–H groups in total. The molecule has 0 aliphatic rings. The Kier molecular flexibility index (Phi) is 3.20. The van der Waals surface area contributed by atoms with Crippen molar-refractivity contribution in [1.29, 1.82) is 0 Å². The topological polar surface area (TPSA) is 51.9 Å². The molecule has 0 amide bonds. The Labute approximate surface area is 160 Å². The van der Waals surface area contributed by atoms with Crippen LogP contribution in [-0.4, -0.2) is 28.8 Å². The average molecular weight is 618 g/mol. The van der Waals surface area contributed by atoms with Gasteiger partial charge in [0, 0.05) is 0 Å². The predicted octanol–water partition coefficient (Wildman–Crippen LogP) is 3.37. The molecule has 4 heterocycles. The lowest BCUT2D eigenvalue weighted by molar-refractivity contribution is 0.814. The number of nitrogens with zero attached hydrogens (tertiary/aromatic N) is 6. The first-order valence-electron chi connectivity index (χ1n) is 6.18. The highest BCUT2D eigenvalue weighted by Crippen LogP contribution is 2.28. The summed E-state index contributed by atoms with van der Waals surface area (Å²) >= 11 is 7.02. The van der Waals surface area contributed by atoms with Gasteiger partial charge in [-0.3, -0.25) is 0 Å². The number of hydrogen-bond acceptors (Lipinski definition) is 3. The van der Waals surface area contributed by atoms with Gasteiger partial charge in [0.05, 0.1) is 27.8 Å². The molecule has 0 aliphatic carbocycles. The zero-order valence-electron chi connectivity index (χ0n) is 11.3. The second-order valence-electron chi connectivity index (χ2n) is 4.90. The van der Waals surface area contributed by atoms with E-state index in [1.807, 2.05) is 34.3 Å². The van der Waals surface area contributed by atoms with Crippen LogP contribution in [-0.2, 0) is 0 Å². The molecular formula is C12H9I3N6. The molecule has 21 heavy (non-hydrogen) atoms. The van der Waals surface area contributed by atoms with Crippen molar-refractivity contribution in [3.8, 4) is 0 Å². The van der Waals surface area contributed by atoms with E-state index in [1.54, 1.807) is 0 Å². The van der Waals surface area contributed by atoms with E-state index in [1.165, 1.54) is 0 Å². The standard InChI is InChI=1S/C12H9I3N6/c1-4-7(13)10-19(16-4)11-8(14)5(2)18-21(11)12-9(15)6(3)17-20(10)12/h1-3H3. The first-order valence-corrected chi connectivity index (χ1v) is 9.42. The number of aromatic nitrogens is 6. The van der Waals surface area contributed by atoms with E-state index in [4.69, 9.17) is 0 Å². The molecule has 0 unspecified atom stereocenters. The zero-order valence-corrected chi connectivity index (χ0v) is 17.8. The second-order valence-corrected chi connectivity index (χ2v) is 8.14. The molecule has 0 radical (unpaired) electrons. The molecule has 6 nitrogen and oxygen atoms in total. The fourth-order valence-corrected chi connectivity index (χ4v) is 4.17. The van der Waals surface area contributed by atoms with E-state index in [2.05, 4.69) is 83.1 Å². The summed E-state index contributed by atoms with van der Waals surface area (Å²) in [5.74, 6) is 0. The Balaban J connectivity index is 2.49. The maximum absolute atomic E-state index is 4.68. The molecule has 0 fully saturated rings. The van der Waals surface area contributed by atoms with Crippen molar-refractivity contribution in [3.63, 3.8) is 0 Å². The van der Waals surface area contributed by atoms with Crippen molar-refractivity contribution >= 4 is 84.7 Å². The van der Waals surface area contributed by atoms with Gasteiger partial charge in [-0.05, 0) is 88.5 Å². The molecule has 4 aromatic rings. The van der Waals surface area contributed by atoms with Crippen molar-refractivity contribution in [3.05, 3.63) is 27.8 Å². The van der Waals surface area contributed by atoms with Gasteiger partial charge in [0.2, 0.25) is 0 Å². The number of halogens is 3. The molecule has 108 valence electrons. The Morgan fingerprint density at radius 1 is 0.571 bits per heavy atom. The van der Waals surface area contributed by atoms with E-state index in [0.717, 1.165) is 44.7 Å². The number of fused-ring (bicyclic) bond motifs is 6. The van der Waals surface area contributed by atoms with Crippen LogP contribution in [0.4, 0.5) is 0 Å². The molecule has 0 saturated heterocycles. The van der Waals surface area contributed by atoms with E-state index < -0.39 is 0 Å². The maximum Gasteiger partial charge on any atom is 0.175 e. The number of rotatable bonds is 0. The van der Waals surface area contributed by atoms with Gasteiger partial charge in [-0.1, -0.05) is 0 Å². The van der Waals surface area contributed by atoms with Crippen molar-refractivity contribution in [2.45, 2.75) is 20.8 Å². The SMILES string of the molecule is Cc1nn2c(c1I)n1nc(C)c(I)c1n1nc(C)c(I)c21. The monoisotopic (exact) mass is 618 g/mol. The highest BCUT2D eigenvalue weighted by atomic mass is 127. The molecule has 0 aliphatic heterocycles. The largest absolute Gasteiger partial charge is 0.194 e. The van der Waals surface area contributed by atoms with Gasteiger partial charge >= 0.3 is 0 Å². The van der Waals surface area contributed by atoms with Gasteiger partial charge < -0.3 is 0 Å². The zero-order chi connectivity index (χ0) is 15.0. The third-order valence-corrected chi connectivity index (χ3v) is 7.28. The van der Waals surface area contributed by atoms with Crippen LogP contribution in [0.5, 0.6) is 0 Å². The minimum atomic E-state index is 0.999. The van der Waals surface area contributed by atoms with E-state index >= 15 is 0 Å². The third-order valence-electron chi connectivity index (χ3n) is 3.50. The van der Waals surface area contributed by atoms with Gasteiger partial charge in [-0.25, -0.2) is 0 Å². The second kappa shape index (κ2) is 4.66. The highest BCUT2D eigenvalue weighted by molar-refractivity contribution is 14.1. The normalized spacial score (nSPS) is 12.3. The van der Waals surface area contributed by atoms with Crippen LogP contribution in [0.1, 0.15) is 17.1 Å². The van der Waals surface area contributed by atoms with Gasteiger partial charge in [0.25, 0.3) is 0 Å². The van der Waals surface area contributed by atoms with E-state index in [-0.39, 0.29) is 0 Å². The van der Waals surface area contributed by atoms with Crippen LogP contribution in [0.25, 0.3) is 16.9 Å². The van der Waals surface area contributed by atoms with Gasteiger partial charge in [0.1, 0.15) is 0 Å². The lowest BCUT2D eigenvalue weighted by atomic mass is 10.4. The van der Waals surface area contributed by atoms with Crippen LogP contribution < -0.4 is 0 Å². The fourth-order valence-electron chi connectivity index (χ4n) is 2.48. The third kappa shape index (κ3) is 1.76. The Bertz CT molecular complexity index is 890. The molecule has 0 atom stereocenters. The Morgan fingerprint density at radius 2 is 0.810 bits per heavy atom. The van der Waals surface area contributed by atoms with E-state index in [0.29, 0.717) is 0 Å². The summed E-state index contributed by atoms with van der Waals surface area (Å²) in [5, 5.41) is 14.1. The lowest BCUT2D eigenvalue weighted by Gasteiger charge is -2.03. The average Bonchev–Trinajstić information content (AvgIpc) is 2.99. The van der Waals surface area contributed by atoms with Crippen LogP contribution in [0.3, 0.4) is 0 Å². The summed E-state index contributed by atoms with van der Waals surface area (Å²) < 4.78 is 9.22. The highest BCUT2D eigenvalue weighted by Gasteiger charge is 2.22. The quantitative estimate of drug-likeness (QED) is 0.285. The molecule has 0 aromatic carbocycles. The summed E-state index contributed by atoms with van der Waals surface area (Å²) in [6.07, 6.45) is 0. The van der Waals surface area contributed by atoms with Crippen LogP contribution in [0, 0.1) is 31.5 Å². The number of aryl methyl sites for hydroxylation is 3. The molecule has 0 bridgehead atoms. The smallest absolute Gasteiger partial charge is 0.175 e. The summed E-state index contributed by atoms with van der Waals surface area (Å²) in [5.41, 5.74) is 6.01. The van der Waals surface area contributed by atoms with Gasteiger partial charge in [-0.15, -0.1) is 0 Å². The van der Waals surface area contributed by atoms with Gasteiger partial charge in [-0.2, -0.15) is 28.8 Å². The van der Waals surface area contributed by atoms with Crippen molar-refractivity contribution < 1.29 is 0 Å². The van der Waals surface area contributed by atoms with Crippen molar-refractivity contribution in [2.75, 3.05) is 0 Å². The number of hydrogen-bond donors (Lipinski definition) is 0. The Morgan fingerprint density at radius 3 is 1.05 bits per heavy atom. The van der Waals surface area contributed by atoms with Crippen LogP contribution in [0.2, 0.25) is 0 Å². The van der Waals surface area contributed by atoms with Crippen molar-refractivity contribution in [2.24, 2.45) is 0 Å². The summed E-state index contributed by atoms with van der Waals surface area (Å²) in [6.45, 7) is 6.07. The van der Waals surface area contributed by atoms with Crippen LogP contribution in [0.15, 0.2) is 0 Å². The molecule has 9 heteroatoms. The van der Waals surface area contributed by atoms with Crippen molar-refractivity contribution in [1.82, 2.24) is 28.8 Å². The summed E-state index contributed by atoms with van der Waals surface area (Å²) in [6, 6.07) is 0. The van der Waals surface area contributed by atoms with Gasteiger partial charge in [0.15, 0.2) is 16.9 Å². The first kappa shape index (κ1) is 14.4. The molecule has 0 spiro atoms. The summed E-state index contributed by atoms with van der Waals surface area (Å²) in [7, 11) is 0. The fraction of sp³-hybridized carbons (Fsp3) is 0.250. The first-order chi connectivity index (χ1) is 9.91. The molecular weight excluding hydrogens is 609 g/mol. The predicted molar refractivity (Wildman–Crippen MR) is 105 cm³/mol. The Hall–Kier alpha value is -0.180. The minimum Gasteiger partial charge on any atom is -0.194 e. The minimum absolute atomic E-state index is 0.999.